The van der Waals surface area contributed by atoms with Gasteiger partial charge in [0.05, 0.1) is 0 Å². The predicted octanol–water partition coefficient (Wildman–Crippen LogP) is 4.51. The summed E-state index contributed by atoms with van der Waals surface area (Å²) < 4.78 is 6.33. The second-order valence-electron chi connectivity index (χ2n) is 4.99. The molecule has 0 spiro atoms. The number of aryl methyl sites for hydroxylation is 1. The number of hydrogen-bond acceptors (Lipinski definition) is 5. The molecule has 0 aliphatic rings. The summed E-state index contributed by atoms with van der Waals surface area (Å²) in [7, 11) is 0. The molecule has 0 amide bonds. The molecule has 0 radical (unpaired) electrons. The van der Waals surface area contributed by atoms with Crippen molar-refractivity contribution in [1.82, 2.24) is 14.7 Å². The fourth-order valence-electron chi connectivity index (χ4n) is 1.69. The molecule has 108 valence electrons. The first-order chi connectivity index (χ1) is 9.54. The first-order valence-corrected chi connectivity index (χ1v) is 8.90. The van der Waals surface area contributed by atoms with Gasteiger partial charge in [0.2, 0.25) is 0 Å². The summed E-state index contributed by atoms with van der Waals surface area (Å²) in [6.07, 6.45) is 0. The van der Waals surface area contributed by atoms with Gasteiger partial charge in [-0.15, -0.1) is 0 Å². The molecule has 0 bridgehead atoms. The van der Waals surface area contributed by atoms with Crippen LogP contribution in [0.4, 0.5) is 0 Å². The molecule has 1 aromatic heterocycles. The van der Waals surface area contributed by atoms with E-state index in [4.69, 9.17) is 0 Å². The first kappa shape index (κ1) is 15.9. The van der Waals surface area contributed by atoms with Crippen LogP contribution in [0.15, 0.2) is 31.9 Å². The van der Waals surface area contributed by atoms with Gasteiger partial charge in [0.25, 0.3) is 0 Å². The van der Waals surface area contributed by atoms with Crippen molar-refractivity contribution in [3.05, 3.63) is 34.1 Å². The number of nitrogens with zero attached hydrogens (tertiary/aromatic N) is 2. The quantitative estimate of drug-likeness (QED) is 0.810. The van der Waals surface area contributed by atoms with Gasteiger partial charge in [-0.25, -0.2) is 4.98 Å². The smallest absolute Gasteiger partial charge is 0.174 e. The van der Waals surface area contributed by atoms with Gasteiger partial charge in [-0.05, 0) is 54.7 Å². The summed E-state index contributed by atoms with van der Waals surface area (Å²) in [5, 5.41) is 3.49. The molecule has 0 unspecified atom stereocenters. The van der Waals surface area contributed by atoms with E-state index in [2.05, 4.69) is 62.7 Å². The molecule has 0 atom stereocenters. The standard InChI is InChI=1S/C14H18BrN3S2/c1-9(2)7-16-8-11-6-12(15)4-5-13(11)19-14-17-10(3)18-20-14/h4-6,9,16H,7-8H2,1-3H3. The molecule has 0 saturated heterocycles. The molecule has 1 N–H and O–H groups in total. The van der Waals surface area contributed by atoms with Gasteiger partial charge in [0.15, 0.2) is 4.34 Å². The number of rotatable bonds is 6. The van der Waals surface area contributed by atoms with E-state index in [9.17, 15) is 0 Å². The van der Waals surface area contributed by atoms with Crippen LogP contribution >= 0.6 is 39.2 Å². The van der Waals surface area contributed by atoms with E-state index in [0.717, 1.165) is 27.7 Å². The van der Waals surface area contributed by atoms with Crippen LogP contribution in [0.1, 0.15) is 25.2 Å². The molecule has 0 aliphatic heterocycles. The monoisotopic (exact) mass is 371 g/mol. The van der Waals surface area contributed by atoms with Gasteiger partial charge >= 0.3 is 0 Å². The molecule has 1 aromatic carbocycles. The Balaban J connectivity index is 2.10. The lowest BCUT2D eigenvalue weighted by Gasteiger charge is -2.11. The molecule has 0 fully saturated rings. The average Bonchev–Trinajstić information content (AvgIpc) is 2.78. The van der Waals surface area contributed by atoms with E-state index in [1.807, 2.05) is 6.92 Å². The van der Waals surface area contributed by atoms with Gasteiger partial charge in [0, 0.05) is 15.9 Å². The summed E-state index contributed by atoms with van der Waals surface area (Å²) in [6.45, 7) is 8.25. The van der Waals surface area contributed by atoms with Gasteiger partial charge < -0.3 is 5.32 Å². The van der Waals surface area contributed by atoms with Crippen molar-refractivity contribution in [2.24, 2.45) is 5.92 Å². The maximum atomic E-state index is 4.42. The third-order valence-electron chi connectivity index (χ3n) is 2.60. The second kappa shape index (κ2) is 7.54. The minimum Gasteiger partial charge on any atom is -0.312 e. The average molecular weight is 372 g/mol. The molecule has 0 saturated carbocycles. The predicted molar refractivity (Wildman–Crippen MR) is 89.5 cm³/mol. The highest BCUT2D eigenvalue weighted by molar-refractivity contribution is 9.10. The Morgan fingerprint density at radius 2 is 2.20 bits per heavy atom. The fraction of sp³-hybridized carbons (Fsp3) is 0.429. The van der Waals surface area contributed by atoms with Crippen LogP contribution in [-0.4, -0.2) is 15.9 Å². The van der Waals surface area contributed by atoms with Crippen molar-refractivity contribution in [3.8, 4) is 0 Å². The molecule has 2 aromatic rings. The number of hydrogen-bond donors (Lipinski definition) is 1. The Kier molecular flexibility index (Phi) is 6.01. The molecular formula is C14H18BrN3S2. The van der Waals surface area contributed by atoms with Crippen LogP contribution in [0.5, 0.6) is 0 Å². The van der Waals surface area contributed by atoms with Crippen molar-refractivity contribution >= 4 is 39.2 Å². The Hall–Kier alpha value is -0.430. The van der Waals surface area contributed by atoms with Crippen LogP contribution < -0.4 is 5.32 Å². The molecular weight excluding hydrogens is 354 g/mol. The third kappa shape index (κ3) is 4.84. The number of nitrogens with one attached hydrogen (secondary N) is 1. The zero-order valence-corrected chi connectivity index (χ0v) is 15.0. The lowest BCUT2D eigenvalue weighted by Crippen LogP contribution is -2.19. The van der Waals surface area contributed by atoms with E-state index < -0.39 is 0 Å². The Morgan fingerprint density at radius 1 is 1.40 bits per heavy atom. The number of aromatic nitrogens is 2. The van der Waals surface area contributed by atoms with Gasteiger partial charge in [-0.3, -0.25) is 0 Å². The first-order valence-electron chi connectivity index (χ1n) is 6.52. The van der Waals surface area contributed by atoms with Crippen LogP contribution in [0.25, 0.3) is 0 Å². The summed E-state index contributed by atoms with van der Waals surface area (Å²) >= 11 is 6.69. The fourth-order valence-corrected chi connectivity index (χ4v) is 3.82. The van der Waals surface area contributed by atoms with Crippen LogP contribution in [0, 0.1) is 12.8 Å². The Bertz CT molecular complexity index is 569. The minimum absolute atomic E-state index is 0.657. The maximum absolute atomic E-state index is 4.42. The largest absolute Gasteiger partial charge is 0.312 e. The molecule has 2 rings (SSSR count). The lowest BCUT2D eigenvalue weighted by atomic mass is 10.2. The van der Waals surface area contributed by atoms with Crippen molar-refractivity contribution in [2.45, 2.75) is 36.6 Å². The third-order valence-corrected chi connectivity index (χ3v) is 5.05. The van der Waals surface area contributed by atoms with E-state index in [1.54, 1.807) is 11.8 Å². The van der Waals surface area contributed by atoms with Crippen molar-refractivity contribution < 1.29 is 0 Å². The van der Waals surface area contributed by atoms with Gasteiger partial charge in [0.1, 0.15) is 5.82 Å². The normalized spacial score (nSPS) is 11.2. The maximum Gasteiger partial charge on any atom is 0.174 e. The Labute approximate surface area is 136 Å². The van der Waals surface area contributed by atoms with Crippen molar-refractivity contribution in [1.29, 1.82) is 0 Å². The van der Waals surface area contributed by atoms with Gasteiger partial charge in [-0.1, -0.05) is 41.5 Å². The minimum atomic E-state index is 0.657. The zero-order valence-electron chi connectivity index (χ0n) is 11.8. The lowest BCUT2D eigenvalue weighted by molar-refractivity contribution is 0.550. The van der Waals surface area contributed by atoms with E-state index in [0.29, 0.717) is 5.92 Å². The van der Waals surface area contributed by atoms with E-state index in [-0.39, 0.29) is 0 Å². The Morgan fingerprint density at radius 3 is 2.85 bits per heavy atom. The molecule has 3 nitrogen and oxygen atoms in total. The molecule has 1 heterocycles. The molecule has 0 aliphatic carbocycles. The number of benzene rings is 1. The van der Waals surface area contributed by atoms with Crippen LogP contribution in [0.3, 0.4) is 0 Å². The van der Waals surface area contributed by atoms with Crippen LogP contribution in [-0.2, 0) is 6.54 Å². The van der Waals surface area contributed by atoms with E-state index in [1.165, 1.54) is 22.0 Å². The topological polar surface area (TPSA) is 37.8 Å². The summed E-state index contributed by atoms with van der Waals surface area (Å²) in [6, 6.07) is 6.38. The highest BCUT2D eigenvalue weighted by Gasteiger charge is 2.09. The number of halogens is 1. The summed E-state index contributed by atoms with van der Waals surface area (Å²) in [5.41, 5.74) is 1.29. The zero-order chi connectivity index (χ0) is 14.5. The van der Waals surface area contributed by atoms with Crippen LogP contribution in [0.2, 0.25) is 0 Å². The highest BCUT2D eigenvalue weighted by Crippen LogP contribution is 2.33. The second-order valence-corrected chi connectivity index (χ2v) is 7.94. The molecule has 20 heavy (non-hydrogen) atoms. The van der Waals surface area contributed by atoms with E-state index >= 15 is 0 Å². The summed E-state index contributed by atoms with van der Waals surface area (Å²) in [5.74, 6) is 1.50. The summed E-state index contributed by atoms with van der Waals surface area (Å²) in [4.78, 5) is 5.65. The SMILES string of the molecule is Cc1nsc(Sc2ccc(Br)cc2CNCC(C)C)n1. The highest BCUT2D eigenvalue weighted by atomic mass is 79.9. The van der Waals surface area contributed by atoms with Crippen molar-refractivity contribution in [2.75, 3.05) is 6.54 Å². The van der Waals surface area contributed by atoms with Gasteiger partial charge in [-0.2, -0.15) is 4.37 Å². The molecule has 6 heteroatoms. The van der Waals surface area contributed by atoms with Crippen molar-refractivity contribution in [3.63, 3.8) is 0 Å².